The van der Waals surface area contributed by atoms with Gasteiger partial charge in [-0.25, -0.2) is 4.79 Å². The van der Waals surface area contributed by atoms with E-state index in [-0.39, 0.29) is 5.56 Å². The third-order valence-corrected chi connectivity index (χ3v) is 1.46. The van der Waals surface area contributed by atoms with Crippen LogP contribution in [0.4, 0.5) is 0 Å². The topological polar surface area (TPSA) is 83.5 Å². The minimum Gasteiger partial charge on any atom is -0.474 e. The molecule has 0 fully saturated rings. The van der Waals surface area contributed by atoms with Gasteiger partial charge in [0.05, 0.1) is 0 Å². The number of hydrogen-bond donors (Lipinski definition) is 2. The minimum atomic E-state index is -1.69. The second kappa shape index (κ2) is 4.18. The quantitative estimate of drug-likeness (QED) is 0.616. The lowest BCUT2D eigenvalue weighted by atomic mass is 10.2. The van der Waals surface area contributed by atoms with Crippen LogP contribution in [-0.2, 0) is 9.59 Å². The molecule has 72 valence electrons. The largest absolute Gasteiger partial charge is 0.474 e. The summed E-state index contributed by atoms with van der Waals surface area (Å²) in [4.78, 5) is 31.9. The average Bonchev–Trinajstić information content (AvgIpc) is 2.19. The van der Waals surface area contributed by atoms with Gasteiger partial charge in [0.2, 0.25) is 0 Å². The monoisotopic (exact) mass is 193 g/mol. The second-order valence-corrected chi connectivity index (χ2v) is 2.45. The van der Waals surface area contributed by atoms with E-state index in [9.17, 15) is 14.4 Å². The van der Waals surface area contributed by atoms with Crippen LogP contribution in [0.3, 0.4) is 0 Å². The summed E-state index contributed by atoms with van der Waals surface area (Å²) >= 11 is 0. The number of nitrogens with one attached hydrogen (secondary N) is 1. The van der Waals surface area contributed by atoms with Gasteiger partial charge in [0.25, 0.3) is 5.91 Å². The number of imide groups is 1. The summed E-state index contributed by atoms with van der Waals surface area (Å²) in [5.41, 5.74) is 0.238. The zero-order valence-electron chi connectivity index (χ0n) is 7.06. The summed E-state index contributed by atoms with van der Waals surface area (Å²) in [7, 11) is 0. The molecule has 0 spiro atoms. The summed E-state index contributed by atoms with van der Waals surface area (Å²) in [6.45, 7) is 0. The van der Waals surface area contributed by atoms with Crippen molar-refractivity contribution in [1.82, 2.24) is 5.32 Å². The number of rotatable bonds is 1. The van der Waals surface area contributed by atoms with E-state index >= 15 is 0 Å². The Morgan fingerprint density at radius 1 is 1.07 bits per heavy atom. The molecular weight excluding hydrogens is 186 g/mol. The van der Waals surface area contributed by atoms with Crippen molar-refractivity contribution in [3.8, 4) is 0 Å². The number of carbonyl (C=O) groups is 3. The maximum Gasteiger partial charge on any atom is 0.394 e. The zero-order chi connectivity index (χ0) is 10.6. The van der Waals surface area contributed by atoms with Gasteiger partial charge in [-0.3, -0.25) is 14.9 Å². The second-order valence-electron chi connectivity index (χ2n) is 2.45. The van der Waals surface area contributed by atoms with Crippen molar-refractivity contribution < 1.29 is 19.5 Å². The molecule has 0 unspecified atom stereocenters. The van der Waals surface area contributed by atoms with E-state index in [4.69, 9.17) is 5.11 Å². The molecule has 0 aliphatic rings. The highest BCUT2D eigenvalue weighted by atomic mass is 16.4. The third kappa shape index (κ3) is 2.41. The normalized spacial score (nSPS) is 9.14. The van der Waals surface area contributed by atoms with Crippen LogP contribution in [0.1, 0.15) is 10.4 Å². The molecule has 0 saturated heterocycles. The first-order valence-electron chi connectivity index (χ1n) is 3.75. The van der Waals surface area contributed by atoms with Gasteiger partial charge < -0.3 is 5.11 Å². The van der Waals surface area contributed by atoms with Crippen LogP contribution in [0.5, 0.6) is 0 Å². The van der Waals surface area contributed by atoms with Crippen molar-refractivity contribution in [1.29, 1.82) is 0 Å². The van der Waals surface area contributed by atoms with Crippen molar-refractivity contribution in [3.05, 3.63) is 35.9 Å². The Hall–Kier alpha value is -2.17. The fourth-order valence-corrected chi connectivity index (χ4v) is 0.818. The van der Waals surface area contributed by atoms with Crippen LogP contribution >= 0.6 is 0 Å². The molecule has 2 N–H and O–H groups in total. The van der Waals surface area contributed by atoms with Crippen LogP contribution in [0.25, 0.3) is 0 Å². The molecule has 1 aromatic carbocycles. The van der Waals surface area contributed by atoms with Gasteiger partial charge in [-0.1, -0.05) is 18.2 Å². The fourth-order valence-electron chi connectivity index (χ4n) is 0.818. The van der Waals surface area contributed by atoms with Crippen molar-refractivity contribution in [2.75, 3.05) is 0 Å². The lowest BCUT2D eigenvalue weighted by Gasteiger charge is -1.99. The Kier molecular flexibility index (Phi) is 2.96. The Morgan fingerprint density at radius 2 is 1.64 bits per heavy atom. The summed E-state index contributed by atoms with van der Waals surface area (Å²) in [6.07, 6.45) is 0. The number of benzene rings is 1. The van der Waals surface area contributed by atoms with E-state index in [2.05, 4.69) is 0 Å². The predicted octanol–water partition coefficient (Wildman–Crippen LogP) is 0.0276. The Bertz CT molecular complexity index is 372. The number of carboxylic acid groups (broad SMARTS) is 1. The Morgan fingerprint density at radius 3 is 2.14 bits per heavy atom. The highest BCUT2D eigenvalue weighted by Crippen LogP contribution is 1.97. The van der Waals surface area contributed by atoms with E-state index in [1.807, 2.05) is 0 Å². The molecule has 0 saturated carbocycles. The fraction of sp³-hybridized carbons (Fsp3) is 0. The number of amides is 2. The molecule has 5 heteroatoms. The molecule has 1 aromatic rings. The van der Waals surface area contributed by atoms with Gasteiger partial charge in [-0.2, -0.15) is 0 Å². The molecule has 0 aromatic heterocycles. The molecule has 0 aliphatic heterocycles. The maximum absolute atomic E-state index is 11.2. The van der Waals surface area contributed by atoms with Gasteiger partial charge in [-0.15, -0.1) is 0 Å². The van der Waals surface area contributed by atoms with Gasteiger partial charge in [0, 0.05) is 5.56 Å². The molecule has 0 radical (unpaired) electrons. The standard InChI is InChI=1S/C9H7NO4/c11-7(10-8(12)9(13)14)6-4-2-1-3-5-6/h1-5H,(H,13,14)(H,10,11,12). The van der Waals surface area contributed by atoms with Gasteiger partial charge in [-0.05, 0) is 12.1 Å². The summed E-state index contributed by atoms with van der Waals surface area (Å²) < 4.78 is 0. The number of carboxylic acids is 1. The van der Waals surface area contributed by atoms with E-state index < -0.39 is 17.8 Å². The molecule has 0 atom stereocenters. The minimum absolute atomic E-state index is 0.238. The molecule has 1 rings (SSSR count). The maximum atomic E-state index is 11.2. The first-order valence-corrected chi connectivity index (χ1v) is 3.75. The van der Waals surface area contributed by atoms with Crippen LogP contribution in [0.15, 0.2) is 30.3 Å². The molecule has 0 heterocycles. The summed E-state index contributed by atoms with van der Waals surface area (Å²) in [5, 5.41) is 9.93. The molecule has 5 nitrogen and oxygen atoms in total. The van der Waals surface area contributed by atoms with E-state index in [0.717, 1.165) is 0 Å². The summed E-state index contributed by atoms with van der Waals surface area (Å²) in [5.74, 6) is -3.74. The lowest BCUT2D eigenvalue weighted by Crippen LogP contribution is -2.35. The molecule has 0 bridgehead atoms. The Labute approximate surface area is 79.4 Å². The number of carbonyl (C=O) groups excluding carboxylic acids is 2. The van der Waals surface area contributed by atoms with Gasteiger partial charge >= 0.3 is 11.9 Å². The highest BCUT2D eigenvalue weighted by molar-refractivity contribution is 6.35. The Balaban J connectivity index is 2.69. The number of aliphatic carboxylic acids is 1. The van der Waals surface area contributed by atoms with E-state index in [1.165, 1.54) is 12.1 Å². The first kappa shape index (κ1) is 9.91. The first-order chi connectivity index (χ1) is 6.61. The summed E-state index contributed by atoms with van der Waals surface area (Å²) in [6, 6.07) is 7.88. The lowest BCUT2D eigenvalue weighted by molar-refractivity contribution is -0.149. The van der Waals surface area contributed by atoms with Crippen LogP contribution in [0.2, 0.25) is 0 Å². The van der Waals surface area contributed by atoms with E-state index in [0.29, 0.717) is 0 Å². The van der Waals surface area contributed by atoms with Crippen LogP contribution in [0, 0.1) is 0 Å². The van der Waals surface area contributed by atoms with E-state index in [1.54, 1.807) is 23.5 Å². The molecule has 0 aliphatic carbocycles. The average molecular weight is 193 g/mol. The van der Waals surface area contributed by atoms with Crippen molar-refractivity contribution in [2.45, 2.75) is 0 Å². The van der Waals surface area contributed by atoms with Crippen molar-refractivity contribution in [3.63, 3.8) is 0 Å². The number of hydrogen-bond acceptors (Lipinski definition) is 3. The third-order valence-electron chi connectivity index (χ3n) is 1.46. The SMILES string of the molecule is O=C(O)C(=O)NC(=O)c1ccccc1. The van der Waals surface area contributed by atoms with Crippen molar-refractivity contribution >= 4 is 17.8 Å². The van der Waals surface area contributed by atoms with Crippen LogP contribution < -0.4 is 5.32 Å². The van der Waals surface area contributed by atoms with Crippen LogP contribution in [-0.4, -0.2) is 22.9 Å². The molecule has 2 amide bonds. The van der Waals surface area contributed by atoms with Crippen molar-refractivity contribution in [2.24, 2.45) is 0 Å². The molecule has 14 heavy (non-hydrogen) atoms. The smallest absolute Gasteiger partial charge is 0.394 e. The predicted molar refractivity (Wildman–Crippen MR) is 46.6 cm³/mol. The van der Waals surface area contributed by atoms with Gasteiger partial charge in [0.15, 0.2) is 0 Å². The highest BCUT2D eigenvalue weighted by Gasteiger charge is 2.15. The molecular formula is C9H7NO4. The zero-order valence-corrected chi connectivity index (χ0v) is 7.06. The van der Waals surface area contributed by atoms with Gasteiger partial charge in [0.1, 0.15) is 0 Å².